The van der Waals surface area contributed by atoms with Crippen LogP contribution in [0.15, 0.2) is 34.2 Å². The van der Waals surface area contributed by atoms with Crippen LogP contribution in [-0.2, 0) is 4.79 Å². The Balaban J connectivity index is 0.00000312. The summed E-state index contributed by atoms with van der Waals surface area (Å²) in [5.41, 5.74) is 0. The zero-order valence-electron chi connectivity index (χ0n) is 14.4. The van der Waals surface area contributed by atoms with Gasteiger partial charge in [0.15, 0.2) is 5.96 Å². The first-order valence-electron chi connectivity index (χ1n) is 8.29. The van der Waals surface area contributed by atoms with Gasteiger partial charge in [-0.15, -0.1) is 35.7 Å². The molecule has 1 saturated carbocycles. The van der Waals surface area contributed by atoms with E-state index in [0.717, 1.165) is 49.1 Å². The molecule has 0 aliphatic heterocycles. The molecule has 0 bridgehead atoms. The number of hydrogen-bond acceptors (Lipinski definition) is 3. The maximum atomic E-state index is 11.6. The van der Waals surface area contributed by atoms with Gasteiger partial charge in [0.1, 0.15) is 0 Å². The van der Waals surface area contributed by atoms with Gasteiger partial charge in [0.25, 0.3) is 0 Å². The van der Waals surface area contributed by atoms with E-state index in [1.165, 1.54) is 4.90 Å². The predicted molar refractivity (Wildman–Crippen MR) is 117 cm³/mol. The Kier molecular flexibility index (Phi) is 11.3. The number of nitrogens with one attached hydrogen (secondary N) is 3. The minimum Gasteiger partial charge on any atom is -0.356 e. The highest BCUT2D eigenvalue weighted by atomic mass is 127. The van der Waals surface area contributed by atoms with Crippen molar-refractivity contribution in [2.75, 3.05) is 25.9 Å². The Labute approximate surface area is 176 Å². The van der Waals surface area contributed by atoms with Crippen LogP contribution < -0.4 is 16.0 Å². The molecule has 5 nitrogen and oxygen atoms in total. The summed E-state index contributed by atoms with van der Waals surface area (Å²) in [5, 5.41) is 10.3. The molecule has 1 aliphatic rings. The highest BCUT2D eigenvalue weighted by Gasteiger charge is 2.22. The largest absolute Gasteiger partial charge is 0.356 e. The molecule has 0 atom stereocenters. The van der Waals surface area contributed by atoms with Crippen molar-refractivity contribution >= 4 is 59.2 Å². The van der Waals surface area contributed by atoms with Crippen molar-refractivity contribution in [3.05, 3.63) is 29.3 Å². The molecular formula is C17H26ClIN4OS. The molecule has 3 N–H and O–H groups in total. The van der Waals surface area contributed by atoms with E-state index in [2.05, 4.69) is 20.9 Å². The molecular weight excluding hydrogens is 471 g/mol. The van der Waals surface area contributed by atoms with E-state index in [4.69, 9.17) is 11.6 Å². The van der Waals surface area contributed by atoms with Crippen LogP contribution in [0, 0.1) is 0 Å². The minimum atomic E-state index is 0. The second-order valence-corrected chi connectivity index (χ2v) is 7.28. The second-order valence-electron chi connectivity index (χ2n) is 5.67. The Hall–Kier alpha value is -0.670. The van der Waals surface area contributed by atoms with Crippen LogP contribution in [0.2, 0.25) is 5.02 Å². The first-order chi connectivity index (χ1) is 11.7. The lowest BCUT2D eigenvalue weighted by molar-refractivity contribution is -0.121. The van der Waals surface area contributed by atoms with Crippen LogP contribution in [0.25, 0.3) is 0 Å². The SMILES string of the molecule is CN=C(NCCCC(=O)NC1CC1)NCCSc1ccc(Cl)cc1.I. The van der Waals surface area contributed by atoms with E-state index in [1.54, 1.807) is 18.8 Å². The number of thioether (sulfide) groups is 1. The number of hydrogen-bond donors (Lipinski definition) is 3. The molecule has 140 valence electrons. The number of rotatable bonds is 9. The molecule has 2 rings (SSSR count). The van der Waals surface area contributed by atoms with Gasteiger partial charge in [-0.3, -0.25) is 9.79 Å². The highest BCUT2D eigenvalue weighted by molar-refractivity contribution is 14.0. The monoisotopic (exact) mass is 496 g/mol. The number of halogens is 2. The van der Waals surface area contributed by atoms with E-state index >= 15 is 0 Å². The average Bonchev–Trinajstić information content (AvgIpc) is 3.39. The Morgan fingerprint density at radius 2 is 1.92 bits per heavy atom. The number of guanidine groups is 1. The Morgan fingerprint density at radius 1 is 1.24 bits per heavy atom. The molecule has 0 unspecified atom stereocenters. The molecule has 0 aromatic heterocycles. The summed E-state index contributed by atoms with van der Waals surface area (Å²) in [6.45, 7) is 1.55. The number of carbonyl (C=O) groups excluding carboxylic acids is 1. The number of carbonyl (C=O) groups is 1. The zero-order chi connectivity index (χ0) is 17.2. The molecule has 1 aromatic carbocycles. The van der Waals surface area contributed by atoms with Crippen LogP contribution in [0.3, 0.4) is 0 Å². The average molecular weight is 497 g/mol. The predicted octanol–water partition coefficient (Wildman–Crippen LogP) is 3.27. The summed E-state index contributed by atoms with van der Waals surface area (Å²) < 4.78 is 0. The molecule has 1 aliphatic carbocycles. The quantitative estimate of drug-likeness (QED) is 0.161. The van der Waals surface area contributed by atoms with Crippen molar-refractivity contribution in [2.24, 2.45) is 4.99 Å². The van der Waals surface area contributed by atoms with Crippen molar-refractivity contribution in [1.29, 1.82) is 0 Å². The van der Waals surface area contributed by atoms with Gasteiger partial charge in [-0.2, -0.15) is 0 Å². The number of amides is 1. The second kappa shape index (κ2) is 12.6. The van der Waals surface area contributed by atoms with Gasteiger partial charge in [-0.25, -0.2) is 0 Å². The minimum absolute atomic E-state index is 0. The number of aliphatic imine (C=N–C) groups is 1. The third kappa shape index (κ3) is 10.2. The molecule has 1 aromatic rings. The first kappa shape index (κ1) is 22.4. The van der Waals surface area contributed by atoms with Crippen molar-refractivity contribution in [3.8, 4) is 0 Å². The molecule has 0 radical (unpaired) electrons. The standard InChI is InChI=1S/C17H25ClN4OS.HI/c1-19-17(20-10-2-3-16(23)22-14-6-7-14)21-11-12-24-15-8-4-13(18)5-9-15;/h4-5,8-9,14H,2-3,6-7,10-12H2,1H3,(H,22,23)(H2,19,20,21);1H. The van der Waals surface area contributed by atoms with Gasteiger partial charge in [0.05, 0.1) is 0 Å². The lowest BCUT2D eigenvalue weighted by Crippen LogP contribution is -2.39. The van der Waals surface area contributed by atoms with E-state index in [9.17, 15) is 4.79 Å². The normalized spacial score (nSPS) is 13.8. The zero-order valence-corrected chi connectivity index (χ0v) is 18.3. The summed E-state index contributed by atoms with van der Waals surface area (Å²) in [6, 6.07) is 8.28. The molecule has 0 saturated heterocycles. The highest BCUT2D eigenvalue weighted by Crippen LogP contribution is 2.19. The number of benzene rings is 1. The van der Waals surface area contributed by atoms with E-state index in [0.29, 0.717) is 12.5 Å². The lowest BCUT2D eigenvalue weighted by atomic mass is 10.3. The van der Waals surface area contributed by atoms with Crippen molar-refractivity contribution in [1.82, 2.24) is 16.0 Å². The van der Waals surface area contributed by atoms with Gasteiger partial charge in [0, 0.05) is 48.3 Å². The molecule has 0 spiro atoms. The molecule has 25 heavy (non-hydrogen) atoms. The Bertz CT molecular complexity index is 552. The van der Waals surface area contributed by atoms with Crippen LogP contribution in [0.1, 0.15) is 25.7 Å². The van der Waals surface area contributed by atoms with Gasteiger partial charge < -0.3 is 16.0 Å². The van der Waals surface area contributed by atoms with Gasteiger partial charge in [-0.1, -0.05) is 11.6 Å². The van der Waals surface area contributed by atoms with E-state index in [1.807, 2.05) is 24.3 Å². The Morgan fingerprint density at radius 3 is 2.56 bits per heavy atom. The van der Waals surface area contributed by atoms with Crippen molar-refractivity contribution in [2.45, 2.75) is 36.6 Å². The van der Waals surface area contributed by atoms with E-state index in [-0.39, 0.29) is 29.9 Å². The summed E-state index contributed by atoms with van der Waals surface area (Å²) in [4.78, 5) is 17.0. The maximum Gasteiger partial charge on any atom is 0.220 e. The summed E-state index contributed by atoms with van der Waals surface area (Å²) in [5.74, 6) is 1.86. The fourth-order valence-electron chi connectivity index (χ4n) is 2.07. The maximum absolute atomic E-state index is 11.6. The van der Waals surface area contributed by atoms with E-state index < -0.39 is 0 Å². The van der Waals surface area contributed by atoms with Gasteiger partial charge in [-0.05, 0) is 43.5 Å². The molecule has 0 heterocycles. The lowest BCUT2D eigenvalue weighted by Gasteiger charge is -2.11. The summed E-state index contributed by atoms with van der Waals surface area (Å²) in [6.07, 6.45) is 3.63. The number of nitrogens with zero attached hydrogens (tertiary/aromatic N) is 1. The third-order valence-corrected chi connectivity index (χ3v) is 4.78. The van der Waals surface area contributed by atoms with Crippen LogP contribution >= 0.6 is 47.3 Å². The fourth-order valence-corrected chi connectivity index (χ4v) is 2.97. The van der Waals surface area contributed by atoms with Crippen molar-refractivity contribution in [3.63, 3.8) is 0 Å². The summed E-state index contributed by atoms with van der Waals surface area (Å²) >= 11 is 7.64. The first-order valence-corrected chi connectivity index (χ1v) is 9.66. The van der Waals surface area contributed by atoms with Crippen molar-refractivity contribution < 1.29 is 4.79 Å². The van der Waals surface area contributed by atoms with Gasteiger partial charge >= 0.3 is 0 Å². The molecule has 8 heteroatoms. The molecule has 1 fully saturated rings. The van der Waals surface area contributed by atoms with Crippen LogP contribution in [0.4, 0.5) is 0 Å². The third-order valence-electron chi connectivity index (χ3n) is 3.52. The summed E-state index contributed by atoms with van der Waals surface area (Å²) in [7, 11) is 1.75. The smallest absolute Gasteiger partial charge is 0.220 e. The fraction of sp³-hybridized carbons (Fsp3) is 0.529. The van der Waals surface area contributed by atoms with Crippen LogP contribution in [-0.4, -0.2) is 43.8 Å². The molecule has 1 amide bonds. The van der Waals surface area contributed by atoms with Crippen LogP contribution in [0.5, 0.6) is 0 Å². The topological polar surface area (TPSA) is 65.5 Å². The van der Waals surface area contributed by atoms with Gasteiger partial charge in [0.2, 0.25) is 5.91 Å².